The Labute approximate surface area is 217 Å². The van der Waals surface area contributed by atoms with E-state index in [1.807, 2.05) is 6.92 Å². The third-order valence-corrected chi connectivity index (χ3v) is 7.27. The van der Waals surface area contributed by atoms with Gasteiger partial charge in [-0.05, 0) is 42.5 Å². The van der Waals surface area contributed by atoms with E-state index >= 15 is 0 Å². The first-order valence-corrected chi connectivity index (χ1v) is 12.4. The summed E-state index contributed by atoms with van der Waals surface area (Å²) in [6, 6.07) is 7.90. The van der Waals surface area contributed by atoms with E-state index in [9.17, 15) is 32.7 Å². The Kier molecular flexibility index (Phi) is 7.48. The number of aromatic amines is 1. The molecule has 8 nitrogen and oxygen atoms in total. The first-order chi connectivity index (χ1) is 17.9. The van der Waals surface area contributed by atoms with Crippen LogP contribution in [0.4, 0.5) is 13.2 Å². The number of hydrogen-bond acceptors (Lipinski definition) is 4. The average molecular weight is 531 g/mol. The molecule has 1 unspecified atom stereocenters. The molecule has 38 heavy (non-hydrogen) atoms. The maximum absolute atomic E-state index is 13.6. The van der Waals surface area contributed by atoms with Crippen molar-refractivity contribution in [2.75, 3.05) is 0 Å². The molecule has 1 aliphatic rings. The van der Waals surface area contributed by atoms with Crippen molar-refractivity contribution in [2.24, 2.45) is 5.92 Å². The number of pyridine rings is 1. The SMILES string of the molecule is CCC(C)[C@H](NC(=O)Cc1ccccn1)C(=O)N[C@]1(C(=O)O)CCc2[nH]c3c(C(F)(F)F)cccc3c2C1. The van der Waals surface area contributed by atoms with E-state index in [0.29, 0.717) is 23.4 Å². The summed E-state index contributed by atoms with van der Waals surface area (Å²) < 4.78 is 40.7. The summed E-state index contributed by atoms with van der Waals surface area (Å²) in [6.45, 7) is 3.62. The monoisotopic (exact) mass is 530 g/mol. The van der Waals surface area contributed by atoms with Crippen molar-refractivity contribution in [1.29, 1.82) is 0 Å². The maximum atomic E-state index is 13.6. The van der Waals surface area contributed by atoms with Gasteiger partial charge in [0.05, 0.1) is 17.5 Å². The number of aliphatic carboxylic acids is 1. The number of aromatic nitrogens is 2. The number of aryl methyl sites for hydroxylation is 1. The number of carbonyl (C=O) groups is 3. The molecule has 4 rings (SSSR count). The lowest BCUT2D eigenvalue weighted by molar-refractivity contribution is -0.149. The normalized spacial score (nSPS) is 18.9. The molecule has 3 aromatic rings. The van der Waals surface area contributed by atoms with E-state index in [0.717, 1.165) is 6.07 Å². The number of para-hydroxylation sites is 1. The van der Waals surface area contributed by atoms with Crippen LogP contribution in [-0.2, 0) is 39.8 Å². The minimum absolute atomic E-state index is 0.0235. The van der Waals surface area contributed by atoms with E-state index < -0.39 is 41.1 Å². The summed E-state index contributed by atoms with van der Waals surface area (Å²) in [5.41, 5.74) is -1.21. The van der Waals surface area contributed by atoms with Gasteiger partial charge in [-0.25, -0.2) is 4.79 Å². The predicted molar refractivity (Wildman–Crippen MR) is 133 cm³/mol. The first-order valence-electron chi connectivity index (χ1n) is 12.4. The van der Waals surface area contributed by atoms with Crippen LogP contribution in [-0.4, -0.2) is 44.4 Å². The van der Waals surface area contributed by atoms with E-state index in [1.54, 1.807) is 31.3 Å². The van der Waals surface area contributed by atoms with Crippen molar-refractivity contribution in [2.45, 2.75) is 63.7 Å². The topological polar surface area (TPSA) is 124 Å². The summed E-state index contributed by atoms with van der Waals surface area (Å²) in [4.78, 5) is 45.6. The van der Waals surface area contributed by atoms with Gasteiger partial charge in [0.25, 0.3) is 0 Å². The van der Waals surface area contributed by atoms with Crippen molar-refractivity contribution in [3.05, 3.63) is 65.1 Å². The van der Waals surface area contributed by atoms with E-state index in [1.165, 1.54) is 12.1 Å². The summed E-state index contributed by atoms with van der Waals surface area (Å²) in [5.74, 6) is -2.69. The van der Waals surface area contributed by atoms with Gasteiger partial charge in [0, 0.05) is 29.4 Å². The smallest absolute Gasteiger partial charge is 0.418 e. The third-order valence-electron chi connectivity index (χ3n) is 7.27. The number of carboxylic acid groups (broad SMARTS) is 1. The molecule has 0 aliphatic heterocycles. The Morgan fingerprint density at radius 2 is 1.95 bits per heavy atom. The summed E-state index contributed by atoms with van der Waals surface area (Å²) >= 11 is 0. The molecule has 2 amide bonds. The molecule has 3 atom stereocenters. The molecule has 0 saturated heterocycles. The standard InChI is InChI=1S/C27H29F3N4O4/c1-3-15(2)22(33-21(35)13-16-7-4-5-12-31-16)24(36)34-26(25(37)38)11-10-20-18(14-26)17-8-6-9-19(23(17)32-20)27(28,29)30/h4-9,12,15,22,32H,3,10-11,13-14H2,1-2H3,(H,33,35)(H,34,36)(H,37,38)/t15?,22-,26+/m0/s1. The molecule has 0 radical (unpaired) electrons. The lowest BCUT2D eigenvalue weighted by Crippen LogP contribution is -2.62. The molecule has 2 aromatic heterocycles. The second kappa shape index (κ2) is 10.5. The van der Waals surface area contributed by atoms with Crippen LogP contribution in [0, 0.1) is 5.92 Å². The second-order valence-electron chi connectivity index (χ2n) is 9.79. The van der Waals surface area contributed by atoms with Crippen LogP contribution in [0.3, 0.4) is 0 Å². The van der Waals surface area contributed by atoms with Gasteiger partial charge in [0.15, 0.2) is 0 Å². The fraction of sp³-hybridized carbons (Fsp3) is 0.407. The molecular weight excluding hydrogens is 501 g/mol. The van der Waals surface area contributed by atoms with Crippen LogP contribution in [0.15, 0.2) is 42.6 Å². The number of alkyl halides is 3. The van der Waals surface area contributed by atoms with Gasteiger partial charge in [-0.2, -0.15) is 13.2 Å². The quantitative estimate of drug-likeness (QED) is 0.353. The van der Waals surface area contributed by atoms with Gasteiger partial charge >= 0.3 is 12.1 Å². The molecule has 0 saturated carbocycles. The van der Waals surface area contributed by atoms with E-state index in [2.05, 4.69) is 20.6 Å². The van der Waals surface area contributed by atoms with Crippen LogP contribution in [0.25, 0.3) is 10.9 Å². The number of amides is 2. The number of H-pyrrole nitrogens is 1. The lowest BCUT2D eigenvalue weighted by Gasteiger charge is -2.36. The van der Waals surface area contributed by atoms with Crippen molar-refractivity contribution in [3.8, 4) is 0 Å². The Hall–Kier alpha value is -3.89. The number of hydrogen-bond donors (Lipinski definition) is 4. The molecule has 2 heterocycles. The van der Waals surface area contributed by atoms with Crippen molar-refractivity contribution in [1.82, 2.24) is 20.6 Å². The number of halogens is 3. The molecule has 0 bridgehead atoms. The van der Waals surface area contributed by atoms with Crippen LogP contribution in [0.5, 0.6) is 0 Å². The van der Waals surface area contributed by atoms with Gasteiger partial charge in [0.1, 0.15) is 11.6 Å². The van der Waals surface area contributed by atoms with Gasteiger partial charge in [0.2, 0.25) is 11.8 Å². The van der Waals surface area contributed by atoms with Crippen LogP contribution < -0.4 is 10.6 Å². The first kappa shape index (κ1) is 27.2. The van der Waals surface area contributed by atoms with E-state index in [4.69, 9.17) is 0 Å². The minimum Gasteiger partial charge on any atom is -0.479 e. The number of rotatable bonds is 8. The highest BCUT2D eigenvalue weighted by atomic mass is 19.4. The Bertz CT molecular complexity index is 1360. The largest absolute Gasteiger partial charge is 0.479 e. The zero-order chi connectivity index (χ0) is 27.7. The summed E-state index contributed by atoms with van der Waals surface area (Å²) in [7, 11) is 0. The van der Waals surface area contributed by atoms with Crippen molar-refractivity contribution in [3.63, 3.8) is 0 Å². The molecule has 0 fully saturated rings. The minimum atomic E-state index is -4.58. The third kappa shape index (κ3) is 5.36. The molecule has 0 spiro atoms. The van der Waals surface area contributed by atoms with Gasteiger partial charge < -0.3 is 20.7 Å². The van der Waals surface area contributed by atoms with Gasteiger partial charge in [-0.15, -0.1) is 0 Å². The number of fused-ring (bicyclic) bond motifs is 3. The van der Waals surface area contributed by atoms with E-state index in [-0.39, 0.29) is 42.5 Å². The lowest BCUT2D eigenvalue weighted by atomic mass is 9.79. The summed E-state index contributed by atoms with van der Waals surface area (Å²) in [5, 5.41) is 15.9. The molecule has 1 aliphatic carbocycles. The van der Waals surface area contributed by atoms with Crippen molar-refractivity contribution >= 4 is 28.7 Å². The highest BCUT2D eigenvalue weighted by Crippen LogP contribution is 2.40. The number of nitrogens with zero attached hydrogens (tertiary/aromatic N) is 1. The number of carboxylic acids is 1. The van der Waals surface area contributed by atoms with Gasteiger partial charge in [-0.1, -0.05) is 38.5 Å². The second-order valence-corrected chi connectivity index (χ2v) is 9.79. The molecule has 4 N–H and O–H groups in total. The van der Waals surface area contributed by atoms with Crippen molar-refractivity contribution < 1.29 is 32.7 Å². The average Bonchev–Trinajstić information content (AvgIpc) is 3.24. The fourth-order valence-electron chi connectivity index (χ4n) is 4.96. The Morgan fingerprint density at radius 3 is 2.58 bits per heavy atom. The molecule has 1 aromatic carbocycles. The zero-order valence-corrected chi connectivity index (χ0v) is 21.0. The molecule has 11 heteroatoms. The molecular formula is C27H29F3N4O4. The fourth-order valence-corrected chi connectivity index (χ4v) is 4.96. The van der Waals surface area contributed by atoms with Crippen LogP contribution in [0.2, 0.25) is 0 Å². The zero-order valence-electron chi connectivity index (χ0n) is 21.0. The maximum Gasteiger partial charge on any atom is 0.418 e. The number of carbonyl (C=O) groups excluding carboxylic acids is 2. The van der Waals surface area contributed by atoms with Gasteiger partial charge in [-0.3, -0.25) is 14.6 Å². The predicted octanol–water partition coefficient (Wildman–Crippen LogP) is 3.78. The highest BCUT2D eigenvalue weighted by Gasteiger charge is 2.46. The number of nitrogens with one attached hydrogen (secondary N) is 3. The van der Waals surface area contributed by atoms with Crippen LogP contribution >= 0.6 is 0 Å². The summed E-state index contributed by atoms with van der Waals surface area (Å²) in [6.07, 6.45) is -2.63. The Morgan fingerprint density at radius 1 is 1.18 bits per heavy atom. The highest BCUT2D eigenvalue weighted by molar-refractivity contribution is 5.94. The molecule has 202 valence electrons. The van der Waals surface area contributed by atoms with Crippen LogP contribution in [0.1, 0.15) is 49.2 Å². The Balaban J connectivity index is 1.60. The number of benzene rings is 1.